The summed E-state index contributed by atoms with van der Waals surface area (Å²) in [7, 11) is -3.88. The van der Waals surface area contributed by atoms with Gasteiger partial charge in [0.1, 0.15) is 0 Å². The molecule has 5 rings (SSSR count). The minimum absolute atomic E-state index is 0.0147. The topological polar surface area (TPSA) is 130 Å². The van der Waals surface area contributed by atoms with Crippen LogP contribution in [0.2, 0.25) is 0 Å². The molecule has 1 amide bonds. The fraction of sp³-hybridized carbons (Fsp3) is 0.188. The normalized spacial score (nSPS) is 11.3. The summed E-state index contributed by atoms with van der Waals surface area (Å²) in [6, 6.07) is 24.3. The van der Waals surface area contributed by atoms with Crippen molar-refractivity contribution in [3.63, 3.8) is 0 Å². The molecule has 0 aliphatic rings. The highest BCUT2D eigenvalue weighted by Gasteiger charge is 2.17. The van der Waals surface area contributed by atoms with Gasteiger partial charge in [-0.1, -0.05) is 71.4 Å². The van der Waals surface area contributed by atoms with Crippen molar-refractivity contribution in [3.8, 4) is 22.5 Å². The van der Waals surface area contributed by atoms with E-state index in [9.17, 15) is 13.2 Å². The van der Waals surface area contributed by atoms with Crippen LogP contribution in [0, 0.1) is 27.7 Å². The van der Waals surface area contributed by atoms with Crippen LogP contribution in [-0.4, -0.2) is 40.0 Å². The summed E-state index contributed by atoms with van der Waals surface area (Å²) in [5.74, 6) is 0.335. The highest BCUT2D eigenvalue weighted by atomic mass is 32.2. The molecule has 5 aromatic rings. The van der Waals surface area contributed by atoms with Gasteiger partial charge in [-0.15, -0.1) is 0 Å². The molecule has 43 heavy (non-hydrogen) atoms. The molecular weight excluding hydrogens is 581 g/mol. The van der Waals surface area contributed by atoms with Crippen molar-refractivity contribution in [3.05, 3.63) is 101 Å². The molecule has 0 saturated carbocycles. The SMILES string of the molecule is Cc1ccc(-c2nc(SCCC(=O)Nc3ccc(S(=O)(=O)Nc4nc(C)cc(C)n4)cc3)[nH]c2-c2ccc(C)cc2)cc1. The molecule has 0 fully saturated rings. The van der Waals surface area contributed by atoms with Gasteiger partial charge >= 0.3 is 0 Å². The van der Waals surface area contributed by atoms with Crippen molar-refractivity contribution in [2.24, 2.45) is 0 Å². The zero-order valence-electron chi connectivity index (χ0n) is 24.3. The van der Waals surface area contributed by atoms with Gasteiger partial charge in [0.2, 0.25) is 11.9 Å². The molecule has 0 bridgehead atoms. The molecule has 0 atom stereocenters. The van der Waals surface area contributed by atoms with E-state index >= 15 is 0 Å². The number of rotatable bonds is 10. The van der Waals surface area contributed by atoms with Crippen molar-refractivity contribution < 1.29 is 13.2 Å². The number of amides is 1. The number of hydrogen-bond donors (Lipinski definition) is 3. The molecular formula is C32H32N6O3S2. The van der Waals surface area contributed by atoms with Gasteiger partial charge in [0.05, 0.1) is 16.3 Å². The first kappa shape index (κ1) is 30.0. The number of carbonyl (C=O) groups is 1. The number of nitrogens with zero attached hydrogens (tertiary/aromatic N) is 3. The van der Waals surface area contributed by atoms with Gasteiger partial charge in [0, 0.05) is 40.4 Å². The molecule has 0 aliphatic carbocycles. The molecule has 2 aromatic heterocycles. The lowest BCUT2D eigenvalue weighted by Crippen LogP contribution is -2.16. The first-order valence-electron chi connectivity index (χ1n) is 13.7. The quantitative estimate of drug-likeness (QED) is 0.150. The van der Waals surface area contributed by atoms with Crippen LogP contribution in [-0.2, 0) is 14.8 Å². The fourth-order valence-electron chi connectivity index (χ4n) is 4.40. The van der Waals surface area contributed by atoms with Gasteiger partial charge in [-0.3, -0.25) is 4.79 Å². The molecule has 9 nitrogen and oxygen atoms in total. The summed E-state index contributed by atoms with van der Waals surface area (Å²) < 4.78 is 28.0. The first-order chi connectivity index (χ1) is 20.6. The number of imidazole rings is 1. The highest BCUT2D eigenvalue weighted by Crippen LogP contribution is 2.33. The fourth-order valence-corrected chi connectivity index (χ4v) is 6.16. The van der Waals surface area contributed by atoms with E-state index in [1.807, 2.05) is 0 Å². The van der Waals surface area contributed by atoms with Crippen molar-refractivity contribution in [1.29, 1.82) is 0 Å². The lowest BCUT2D eigenvalue weighted by molar-refractivity contribution is -0.115. The van der Waals surface area contributed by atoms with Crippen LogP contribution in [0.3, 0.4) is 0 Å². The van der Waals surface area contributed by atoms with Crippen LogP contribution in [0.1, 0.15) is 28.9 Å². The third kappa shape index (κ3) is 7.68. The van der Waals surface area contributed by atoms with Gasteiger partial charge in [0.25, 0.3) is 10.0 Å². The van der Waals surface area contributed by atoms with E-state index in [0.29, 0.717) is 22.8 Å². The Labute approximate surface area is 255 Å². The van der Waals surface area contributed by atoms with E-state index in [0.717, 1.165) is 27.7 Å². The Bertz CT molecular complexity index is 1770. The Morgan fingerprint density at radius 1 is 0.791 bits per heavy atom. The van der Waals surface area contributed by atoms with Crippen LogP contribution >= 0.6 is 11.8 Å². The summed E-state index contributed by atoms with van der Waals surface area (Å²) in [6.45, 7) is 7.64. The van der Waals surface area contributed by atoms with Gasteiger partial charge in [0.15, 0.2) is 5.16 Å². The molecule has 0 spiro atoms. The predicted molar refractivity (Wildman–Crippen MR) is 172 cm³/mol. The summed E-state index contributed by atoms with van der Waals surface area (Å²) in [5.41, 5.74) is 8.03. The molecule has 0 saturated heterocycles. The van der Waals surface area contributed by atoms with Crippen molar-refractivity contribution in [2.45, 2.75) is 44.2 Å². The molecule has 3 N–H and O–H groups in total. The smallest absolute Gasteiger partial charge is 0.264 e. The number of thioether (sulfide) groups is 1. The number of hydrogen-bond acceptors (Lipinski definition) is 7. The Balaban J connectivity index is 1.20. The van der Waals surface area contributed by atoms with Crippen molar-refractivity contribution in [1.82, 2.24) is 19.9 Å². The van der Waals surface area contributed by atoms with Gasteiger partial charge in [-0.2, -0.15) is 0 Å². The molecule has 0 radical (unpaired) electrons. The Morgan fingerprint density at radius 3 is 1.98 bits per heavy atom. The molecule has 0 unspecified atom stereocenters. The minimum atomic E-state index is -3.88. The monoisotopic (exact) mass is 612 g/mol. The second-order valence-electron chi connectivity index (χ2n) is 10.2. The van der Waals surface area contributed by atoms with Crippen LogP contribution in [0.5, 0.6) is 0 Å². The Morgan fingerprint density at radius 2 is 1.37 bits per heavy atom. The summed E-state index contributed by atoms with van der Waals surface area (Å²) in [5, 5.41) is 3.56. The van der Waals surface area contributed by atoms with Gasteiger partial charge in [-0.05, 0) is 58.0 Å². The molecule has 11 heteroatoms. The molecule has 2 heterocycles. The van der Waals surface area contributed by atoms with E-state index in [4.69, 9.17) is 4.98 Å². The first-order valence-corrected chi connectivity index (χ1v) is 16.1. The number of aromatic amines is 1. The zero-order chi connectivity index (χ0) is 30.6. The number of aromatic nitrogens is 4. The second kappa shape index (κ2) is 12.8. The van der Waals surface area contributed by atoms with E-state index in [2.05, 4.69) is 87.4 Å². The average molecular weight is 613 g/mol. The lowest BCUT2D eigenvalue weighted by Gasteiger charge is -2.09. The maximum atomic E-state index is 12.8. The zero-order valence-corrected chi connectivity index (χ0v) is 25.9. The molecule has 220 valence electrons. The van der Waals surface area contributed by atoms with Crippen LogP contribution in [0.4, 0.5) is 11.6 Å². The molecule has 0 aliphatic heterocycles. The number of anilines is 2. The van der Waals surface area contributed by atoms with E-state index < -0.39 is 10.0 Å². The van der Waals surface area contributed by atoms with Gasteiger partial charge in [-0.25, -0.2) is 28.1 Å². The summed E-state index contributed by atoms with van der Waals surface area (Å²) >= 11 is 1.47. The number of carbonyl (C=O) groups excluding carboxylic acids is 1. The van der Waals surface area contributed by atoms with Crippen LogP contribution in [0.15, 0.2) is 88.9 Å². The molecule has 3 aromatic carbocycles. The van der Waals surface area contributed by atoms with Crippen LogP contribution < -0.4 is 10.0 Å². The lowest BCUT2D eigenvalue weighted by atomic mass is 10.0. The number of aryl methyl sites for hydroxylation is 4. The summed E-state index contributed by atoms with van der Waals surface area (Å²) in [6.07, 6.45) is 0.247. The minimum Gasteiger partial charge on any atom is -0.332 e. The van der Waals surface area contributed by atoms with E-state index in [1.54, 1.807) is 32.0 Å². The average Bonchev–Trinajstić information content (AvgIpc) is 3.37. The standard InChI is InChI=1S/C32H32N6O3S2/c1-20-5-9-24(10-6-20)29-30(25-11-7-21(2)8-12-25)37-32(36-29)42-18-17-28(39)35-26-13-15-27(16-14-26)43(40,41)38-31-33-22(3)19-23(4)34-31/h5-16,19H,17-18H2,1-4H3,(H,35,39)(H,36,37)(H,33,34,38). The largest absolute Gasteiger partial charge is 0.332 e. The number of nitrogens with one attached hydrogen (secondary N) is 3. The maximum absolute atomic E-state index is 12.8. The van der Waals surface area contributed by atoms with E-state index in [-0.39, 0.29) is 23.2 Å². The number of H-pyrrole nitrogens is 1. The number of benzene rings is 3. The number of sulfonamides is 1. The second-order valence-corrected chi connectivity index (χ2v) is 13.0. The Hall–Kier alpha value is -4.48. The van der Waals surface area contributed by atoms with Gasteiger partial charge < -0.3 is 10.3 Å². The maximum Gasteiger partial charge on any atom is 0.264 e. The highest BCUT2D eigenvalue weighted by molar-refractivity contribution is 7.99. The third-order valence-corrected chi connectivity index (χ3v) is 8.79. The Kier molecular flexibility index (Phi) is 8.93. The third-order valence-electron chi connectivity index (χ3n) is 6.57. The van der Waals surface area contributed by atoms with E-state index in [1.165, 1.54) is 35.0 Å². The predicted octanol–water partition coefficient (Wildman–Crippen LogP) is 6.69. The van der Waals surface area contributed by atoms with Crippen LogP contribution in [0.25, 0.3) is 22.5 Å². The van der Waals surface area contributed by atoms with Crippen molar-refractivity contribution >= 4 is 39.3 Å². The van der Waals surface area contributed by atoms with Crippen molar-refractivity contribution in [2.75, 3.05) is 15.8 Å². The summed E-state index contributed by atoms with van der Waals surface area (Å²) in [4.78, 5) is 29.3.